The zero-order valence-corrected chi connectivity index (χ0v) is 33.5. The highest BCUT2D eigenvalue weighted by Crippen LogP contribution is 2.42. The molecule has 61 heavy (non-hydrogen) atoms. The number of aromatic carboxylic acids is 1. The van der Waals surface area contributed by atoms with Gasteiger partial charge < -0.3 is 44.5 Å². The Labute approximate surface area is 348 Å². The summed E-state index contributed by atoms with van der Waals surface area (Å²) in [6.07, 6.45) is 2.51. The third-order valence-electron chi connectivity index (χ3n) is 11.1. The smallest absolute Gasteiger partial charge is 0.336 e. The van der Waals surface area contributed by atoms with Gasteiger partial charge in [-0.25, -0.2) is 9.48 Å². The van der Waals surface area contributed by atoms with Crippen LogP contribution in [-0.4, -0.2) is 120 Å². The van der Waals surface area contributed by atoms with Gasteiger partial charge in [-0.2, -0.15) is 15.0 Å². The molecule has 4 aliphatic rings. The summed E-state index contributed by atoms with van der Waals surface area (Å²) in [7, 11) is 0. The van der Waals surface area contributed by atoms with E-state index in [9.17, 15) is 29.4 Å². The quantitative estimate of drug-likeness (QED) is 0.119. The molecule has 19 nitrogen and oxygen atoms in total. The number of carbonyl (C=O) groups is 3. The number of phenolic OH excluding ortho intramolecular Hbond substituents is 1. The molecule has 0 spiro atoms. The monoisotopic (exact) mass is 832 g/mol. The van der Waals surface area contributed by atoms with Gasteiger partial charge in [-0.05, 0) is 47.9 Å². The first kappa shape index (κ1) is 40.6. The van der Waals surface area contributed by atoms with Gasteiger partial charge in [0.05, 0.1) is 30.9 Å². The standard InChI is InChI=1S/C42H44N10O9/c1-3-24(2)37(52-23-26(47-48-52)5-11-35(55)56)38(57)49-12-14-50(15-13-49)41-44-40(45-42(46-41)51-16-18-60-19-17-51)43-25-4-8-29(32(20-25)39(58)59)36-30-9-6-27(53)21-33(30)61-34-22-28(54)7-10-31(34)36/h4,6-10,20-24,37,53H,3,5,11-19H2,1-2H3,(H,55,56)(H,58,59)(H,43,44,45,46)/t24-,37-/m0/s1. The fraction of sp³-hybridized carbons (Fsp3) is 0.357. The minimum Gasteiger partial charge on any atom is -0.508 e. The molecule has 4 aromatic rings. The van der Waals surface area contributed by atoms with E-state index in [1.54, 1.807) is 40.0 Å². The van der Waals surface area contributed by atoms with Gasteiger partial charge in [0.15, 0.2) is 5.43 Å². The highest BCUT2D eigenvalue weighted by Gasteiger charge is 2.34. The van der Waals surface area contributed by atoms with E-state index >= 15 is 0 Å². The lowest BCUT2D eigenvalue weighted by Gasteiger charge is -2.37. The first-order valence-corrected chi connectivity index (χ1v) is 20.0. The second-order valence-corrected chi connectivity index (χ2v) is 15.1. The first-order chi connectivity index (χ1) is 29.4. The number of carbonyl (C=O) groups excluding carboxylic acids is 1. The zero-order chi connectivity index (χ0) is 42.8. The number of hydrogen-bond acceptors (Lipinski definition) is 15. The number of rotatable bonds is 13. The summed E-state index contributed by atoms with van der Waals surface area (Å²) in [6.45, 7) is 7.66. The number of carboxylic acid groups (broad SMARTS) is 2. The molecule has 2 aromatic heterocycles. The topological polar surface area (TPSA) is 242 Å². The minimum atomic E-state index is -1.20. The predicted octanol–water partition coefficient (Wildman–Crippen LogP) is 4.28. The van der Waals surface area contributed by atoms with Crippen LogP contribution in [0.5, 0.6) is 5.75 Å². The average Bonchev–Trinajstić information content (AvgIpc) is 3.73. The number of amides is 1. The van der Waals surface area contributed by atoms with Crippen LogP contribution in [0.3, 0.4) is 0 Å². The van der Waals surface area contributed by atoms with Gasteiger partial charge in [0.25, 0.3) is 0 Å². The number of aromatic nitrogens is 6. The van der Waals surface area contributed by atoms with E-state index in [1.165, 1.54) is 30.3 Å². The predicted molar refractivity (Wildman–Crippen MR) is 223 cm³/mol. The number of fused-ring (bicyclic) bond motifs is 2. The Balaban J connectivity index is 1.07. The van der Waals surface area contributed by atoms with E-state index in [2.05, 4.69) is 15.6 Å². The number of aryl methyl sites for hydroxylation is 1. The van der Waals surface area contributed by atoms with E-state index in [4.69, 9.17) is 29.2 Å². The van der Waals surface area contributed by atoms with Crippen LogP contribution in [-0.2, 0) is 20.7 Å². The summed E-state index contributed by atoms with van der Waals surface area (Å²) in [6, 6.07) is 13.1. The SMILES string of the molecule is CC[C@H](C)[C@@H](C(=O)N1CCN(c2nc(Nc3ccc(-c4c5ccc(=O)cc-5oc5cc(O)ccc45)c(C(=O)O)c3)nc(N3CCOCC3)n2)CC1)n1cc(CCC(=O)O)nn1. The number of nitrogens with zero attached hydrogens (tertiary/aromatic N) is 9. The van der Waals surface area contributed by atoms with Crippen molar-refractivity contribution in [3.05, 3.63) is 82.3 Å². The minimum absolute atomic E-state index is 0.0420. The Morgan fingerprint density at radius 2 is 1.59 bits per heavy atom. The number of benzene rings is 3. The number of aromatic hydroxyl groups is 1. The van der Waals surface area contributed by atoms with E-state index in [-0.39, 0.29) is 58.7 Å². The molecule has 3 aliphatic heterocycles. The summed E-state index contributed by atoms with van der Waals surface area (Å²) in [5, 5.41) is 42.0. The zero-order valence-electron chi connectivity index (χ0n) is 33.5. The molecule has 316 valence electrons. The van der Waals surface area contributed by atoms with Crippen LogP contribution < -0.4 is 20.5 Å². The van der Waals surface area contributed by atoms with Crippen molar-refractivity contribution in [3.63, 3.8) is 0 Å². The molecule has 1 aliphatic carbocycles. The highest BCUT2D eigenvalue weighted by atomic mass is 16.5. The van der Waals surface area contributed by atoms with Crippen molar-refractivity contribution >= 4 is 52.3 Å². The van der Waals surface area contributed by atoms with Gasteiger partial charge in [0.2, 0.25) is 23.8 Å². The fourth-order valence-electron chi connectivity index (χ4n) is 7.70. The van der Waals surface area contributed by atoms with Gasteiger partial charge >= 0.3 is 11.9 Å². The highest BCUT2D eigenvalue weighted by molar-refractivity contribution is 6.08. The van der Waals surface area contributed by atoms with Gasteiger partial charge in [-0.15, -0.1) is 5.10 Å². The molecule has 2 saturated heterocycles. The summed E-state index contributed by atoms with van der Waals surface area (Å²) in [4.78, 5) is 70.5. The molecule has 2 atom stereocenters. The maximum atomic E-state index is 14.1. The molecule has 5 heterocycles. The van der Waals surface area contributed by atoms with Gasteiger partial charge in [-0.1, -0.05) is 31.5 Å². The van der Waals surface area contributed by atoms with Gasteiger partial charge in [0, 0.05) is 86.2 Å². The number of nitrogens with one attached hydrogen (secondary N) is 1. The molecule has 0 bridgehead atoms. The van der Waals surface area contributed by atoms with E-state index in [1.807, 2.05) is 23.6 Å². The summed E-state index contributed by atoms with van der Waals surface area (Å²) in [5.74, 6) is -1.13. The number of piperazine rings is 1. The number of phenols is 1. The van der Waals surface area contributed by atoms with Crippen molar-refractivity contribution in [2.75, 3.05) is 67.6 Å². The van der Waals surface area contributed by atoms with Gasteiger partial charge in [0.1, 0.15) is 23.1 Å². The van der Waals surface area contributed by atoms with Crippen molar-refractivity contribution in [3.8, 4) is 28.2 Å². The average molecular weight is 833 g/mol. The number of hydrogen-bond donors (Lipinski definition) is 4. The summed E-state index contributed by atoms with van der Waals surface area (Å²) < 4.78 is 13.1. The third kappa shape index (κ3) is 8.63. The maximum absolute atomic E-state index is 14.1. The molecule has 1 amide bonds. The maximum Gasteiger partial charge on any atom is 0.336 e. The lowest BCUT2D eigenvalue weighted by molar-refractivity contribution is -0.138. The molecule has 0 unspecified atom stereocenters. The number of aliphatic carboxylic acids is 1. The van der Waals surface area contributed by atoms with Crippen molar-refractivity contribution in [2.45, 2.75) is 39.2 Å². The van der Waals surface area contributed by atoms with Crippen LogP contribution in [0.25, 0.3) is 33.4 Å². The Morgan fingerprint density at radius 1 is 0.869 bits per heavy atom. The Bertz CT molecular complexity index is 2630. The Kier molecular flexibility index (Phi) is 11.5. The van der Waals surface area contributed by atoms with Crippen LogP contribution in [0.4, 0.5) is 23.5 Å². The van der Waals surface area contributed by atoms with E-state index in [0.717, 1.165) is 0 Å². The van der Waals surface area contributed by atoms with E-state index < -0.39 is 18.0 Å². The molecule has 0 radical (unpaired) electrons. The van der Waals surface area contributed by atoms with Crippen molar-refractivity contribution in [2.24, 2.45) is 5.92 Å². The largest absolute Gasteiger partial charge is 0.508 e. The van der Waals surface area contributed by atoms with Crippen molar-refractivity contribution < 1.29 is 38.9 Å². The second kappa shape index (κ2) is 17.2. The van der Waals surface area contributed by atoms with Crippen LogP contribution >= 0.6 is 0 Å². The molecule has 2 fully saturated rings. The molecular formula is C42H44N10O9. The second-order valence-electron chi connectivity index (χ2n) is 15.1. The molecular weight excluding hydrogens is 789 g/mol. The number of morpholine rings is 1. The fourth-order valence-corrected chi connectivity index (χ4v) is 7.70. The van der Waals surface area contributed by atoms with Crippen LogP contribution in [0.1, 0.15) is 48.8 Å². The number of ether oxygens (including phenoxy) is 1. The molecule has 0 saturated carbocycles. The Morgan fingerprint density at radius 3 is 2.30 bits per heavy atom. The Hall–Kier alpha value is -7.15. The normalized spacial score (nSPS) is 15.5. The van der Waals surface area contributed by atoms with Crippen molar-refractivity contribution in [1.82, 2.24) is 34.8 Å². The van der Waals surface area contributed by atoms with Crippen molar-refractivity contribution in [1.29, 1.82) is 0 Å². The lowest BCUT2D eigenvalue weighted by atomic mass is 9.90. The van der Waals surface area contributed by atoms with E-state index in [0.29, 0.717) is 104 Å². The van der Waals surface area contributed by atoms with Gasteiger partial charge in [-0.3, -0.25) is 14.4 Å². The van der Waals surface area contributed by atoms with Crippen LogP contribution in [0, 0.1) is 5.92 Å². The summed E-state index contributed by atoms with van der Waals surface area (Å²) in [5.41, 5.74) is 2.26. The number of carboxylic acids is 2. The van der Waals surface area contributed by atoms with Crippen LogP contribution in [0.2, 0.25) is 0 Å². The number of anilines is 4. The molecule has 2 aromatic carbocycles. The third-order valence-corrected chi connectivity index (χ3v) is 11.1. The molecule has 19 heteroatoms. The summed E-state index contributed by atoms with van der Waals surface area (Å²) >= 11 is 0. The first-order valence-electron chi connectivity index (χ1n) is 20.0. The molecule has 4 N–H and O–H groups in total. The lowest BCUT2D eigenvalue weighted by Crippen LogP contribution is -2.52. The van der Waals surface area contributed by atoms with Crippen LogP contribution in [0.15, 0.2) is 70.0 Å². The molecule has 8 rings (SSSR count).